The minimum absolute atomic E-state index is 0.274. The number of benzene rings is 1. The van der Waals surface area contributed by atoms with Crippen molar-refractivity contribution in [1.82, 2.24) is 5.32 Å². The van der Waals surface area contributed by atoms with E-state index in [9.17, 15) is 5.11 Å². The zero-order valence-corrected chi connectivity index (χ0v) is 9.44. The summed E-state index contributed by atoms with van der Waals surface area (Å²) in [6.45, 7) is 3.23. The summed E-state index contributed by atoms with van der Waals surface area (Å²) < 4.78 is 5.64. The molecule has 2 rings (SSSR count). The average molecular weight is 219 g/mol. The second kappa shape index (κ2) is 5.14. The normalized spacial score (nSPS) is 13.1. The summed E-state index contributed by atoms with van der Waals surface area (Å²) >= 11 is 0. The van der Waals surface area contributed by atoms with Crippen LogP contribution in [0.3, 0.4) is 0 Å². The predicted octanol–water partition coefficient (Wildman–Crippen LogP) is 2.29. The highest BCUT2D eigenvalue weighted by Gasteiger charge is 2.04. The molecule has 0 radical (unpaired) electrons. The second-order valence-electron chi connectivity index (χ2n) is 3.94. The van der Waals surface area contributed by atoms with E-state index in [2.05, 4.69) is 5.32 Å². The van der Waals surface area contributed by atoms with Gasteiger partial charge < -0.3 is 14.8 Å². The van der Waals surface area contributed by atoms with E-state index in [-0.39, 0.29) is 6.10 Å². The van der Waals surface area contributed by atoms with Gasteiger partial charge in [0.1, 0.15) is 11.3 Å². The molecule has 86 valence electrons. The molecule has 0 aliphatic carbocycles. The molecule has 3 nitrogen and oxygen atoms in total. The maximum absolute atomic E-state index is 9.38. The molecule has 2 aromatic rings. The van der Waals surface area contributed by atoms with Crippen molar-refractivity contribution >= 4 is 11.0 Å². The summed E-state index contributed by atoms with van der Waals surface area (Å²) in [6.07, 6.45) is 0.497. The molecule has 0 spiro atoms. The molecule has 0 amide bonds. The van der Waals surface area contributed by atoms with Crippen LogP contribution < -0.4 is 5.32 Å². The molecule has 16 heavy (non-hydrogen) atoms. The van der Waals surface area contributed by atoms with Gasteiger partial charge in [0.2, 0.25) is 0 Å². The van der Waals surface area contributed by atoms with E-state index < -0.39 is 0 Å². The smallest absolute Gasteiger partial charge is 0.134 e. The molecule has 1 aromatic carbocycles. The van der Waals surface area contributed by atoms with Crippen molar-refractivity contribution in [3.8, 4) is 0 Å². The summed E-state index contributed by atoms with van der Waals surface area (Å²) in [4.78, 5) is 0. The summed E-state index contributed by atoms with van der Waals surface area (Å²) in [5, 5.41) is 13.7. The lowest BCUT2D eigenvalue weighted by Crippen LogP contribution is -2.25. The van der Waals surface area contributed by atoms with Crippen molar-refractivity contribution in [2.45, 2.75) is 26.0 Å². The SMILES string of the molecule is CCC(O)CNCc1cc2ccccc2o1. The molecule has 1 atom stereocenters. The fourth-order valence-corrected chi connectivity index (χ4v) is 1.63. The van der Waals surface area contributed by atoms with Gasteiger partial charge in [-0.05, 0) is 18.6 Å². The fraction of sp³-hybridized carbons (Fsp3) is 0.385. The van der Waals surface area contributed by atoms with Crippen LogP contribution in [0.25, 0.3) is 11.0 Å². The van der Waals surface area contributed by atoms with E-state index in [1.807, 2.05) is 37.3 Å². The Kier molecular flexibility index (Phi) is 3.59. The Labute approximate surface area is 95.1 Å². The Balaban J connectivity index is 1.94. The van der Waals surface area contributed by atoms with Gasteiger partial charge >= 0.3 is 0 Å². The number of aliphatic hydroxyl groups excluding tert-OH is 1. The number of furan rings is 1. The van der Waals surface area contributed by atoms with Gasteiger partial charge in [-0.2, -0.15) is 0 Å². The molecule has 0 saturated heterocycles. The number of aliphatic hydroxyl groups is 1. The quantitative estimate of drug-likeness (QED) is 0.811. The van der Waals surface area contributed by atoms with Gasteiger partial charge in [-0.3, -0.25) is 0 Å². The van der Waals surface area contributed by atoms with Crippen molar-refractivity contribution in [3.05, 3.63) is 36.1 Å². The number of nitrogens with one attached hydrogen (secondary N) is 1. The van der Waals surface area contributed by atoms with Crippen molar-refractivity contribution in [2.75, 3.05) is 6.54 Å². The van der Waals surface area contributed by atoms with Crippen LogP contribution in [0.4, 0.5) is 0 Å². The first-order valence-electron chi connectivity index (χ1n) is 5.66. The first kappa shape index (κ1) is 11.2. The molecule has 0 aliphatic heterocycles. The molecule has 3 heteroatoms. The Morgan fingerprint density at radius 3 is 2.94 bits per heavy atom. The van der Waals surface area contributed by atoms with E-state index >= 15 is 0 Å². The first-order valence-corrected chi connectivity index (χ1v) is 5.66. The Hall–Kier alpha value is -1.32. The van der Waals surface area contributed by atoms with Gasteiger partial charge in [0, 0.05) is 11.9 Å². The summed E-state index contributed by atoms with van der Waals surface area (Å²) in [5.74, 6) is 0.907. The fourth-order valence-electron chi connectivity index (χ4n) is 1.63. The lowest BCUT2D eigenvalue weighted by molar-refractivity contribution is 0.166. The molecule has 0 aliphatic rings. The number of hydrogen-bond donors (Lipinski definition) is 2. The highest BCUT2D eigenvalue weighted by atomic mass is 16.3. The van der Waals surface area contributed by atoms with E-state index in [4.69, 9.17) is 4.42 Å². The van der Waals surface area contributed by atoms with Gasteiger partial charge in [0.05, 0.1) is 12.6 Å². The van der Waals surface area contributed by atoms with Crippen LogP contribution in [-0.4, -0.2) is 17.8 Å². The lowest BCUT2D eigenvalue weighted by Gasteiger charge is -2.07. The highest BCUT2D eigenvalue weighted by Crippen LogP contribution is 2.18. The topological polar surface area (TPSA) is 45.4 Å². The molecule has 1 unspecified atom stereocenters. The number of hydrogen-bond acceptors (Lipinski definition) is 3. The Morgan fingerprint density at radius 1 is 1.38 bits per heavy atom. The van der Waals surface area contributed by atoms with Crippen LogP contribution in [0.5, 0.6) is 0 Å². The number of para-hydroxylation sites is 1. The molecular formula is C13H17NO2. The largest absolute Gasteiger partial charge is 0.460 e. The molecule has 2 N–H and O–H groups in total. The highest BCUT2D eigenvalue weighted by molar-refractivity contribution is 5.77. The van der Waals surface area contributed by atoms with Gasteiger partial charge in [-0.1, -0.05) is 25.1 Å². The van der Waals surface area contributed by atoms with Crippen molar-refractivity contribution in [2.24, 2.45) is 0 Å². The minimum Gasteiger partial charge on any atom is -0.460 e. The summed E-state index contributed by atoms with van der Waals surface area (Å²) in [7, 11) is 0. The molecule has 0 saturated carbocycles. The van der Waals surface area contributed by atoms with E-state index in [0.29, 0.717) is 13.1 Å². The molecule has 1 aromatic heterocycles. The van der Waals surface area contributed by atoms with E-state index in [1.54, 1.807) is 0 Å². The van der Waals surface area contributed by atoms with Crippen LogP contribution in [-0.2, 0) is 6.54 Å². The first-order chi connectivity index (χ1) is 7.79. The standard InChI is InChI=1S/C13H17NO2/c1-2-11(15)8-14-9-12-7-10-5-3-4-6-13(10)16-12/h3-7,11,14-15H,2,8-9H2,1H3. The van der Waals surface area contributed by atoms with Gasteiger partial charge in [0.25, 0.3) is 0 Å². The monoisotopic (exact) mass is 219 g/mol. The van der Waals surface area contributed by atoms with Crippen LogP contribution >= 0.6 is 0 Å². The Bertz CT molecular complexity index is 417. The minimum atomic E-state index is -0.274. The maximum Gasteiger partial charge on any atom is 0.134 e. The summed E-state index contributed by atoms with van der Waals surface area (Å²) in [5.41, 5.74) is 0.912. The van der Waals surface area contributed by atoms with E-state index in [1.165, 1.54) is 0 Å². The van der Waals surface area contributed by atoms with Crippen LogP contribution in [0.1, 0.15) is 19.1 Å². The lowest BCUT2D eigenvalue weighted by atomic mass is 10.2. The number of rotatable bonds is 5. The molecule has 0 bridgehead atoms. The van der Waals surface area contributed by atoms with Crippen LogP contribution in [0.2, 0.25) is 0 Å². The maximum atomic E-state index is 9.38. The van der Waals surface area contributed by atoms with Gasteiger partial charge in [-0.25, -0.2) is 0 Å². The second-order valence-corrected chi connectivity index (χ2v) is 3.94. The average Bonchev–Trinajstić information content (AvgIpc) is 2.71. The van der Waals surface area contributed by atoms with Gasteiger partial charge in [-0.15, -0.1) is 0 Å². The zero-order chi connectivity index (χ0) is 11.4. The third kappa shape index (κ3) is 2.62. The van der Waals surface area contributed by atoms with E-state index in [0.717, 1.165) is 23.2 Å². The zero-order valence-electron chi connectivity index (χ0n) is 9.44. The van der Waals surface area contributed by atoms with Crippen LogP contribution in [0.15, 0.2) is 34.7 Å². The molecule has 0 fully saturated rings. The predicted molar refractivity (Wildman–Crippen MR) is 64.2 cm³/mol. The van der Waals surface area contributed by atoms with Crippen molar-refractivity contribution in [3.63, 3.8) is 0 Å². The third-order valence-electron chi connectivity index (χ3n) is 2.63. The third-order valence-corrected chi connectivity index (χ3v) is 2.63. The number of fused-ring (bicyclic) bond motifs is 1. The molecular weight excluding hydrogens is 202 g/mol. The van der Waals surface area contributed by atoms with Gasteiger partial charge in [0.15, 0.2) is 0 Å². The Morgan fingerprint density at radius 2 is 2.19 bits per heavy atom. The van der Waals surface area contributed by atoms with Crippen molar-refractivity contribution < 1.29 is 9.52 Å². The molecule has 1 heterocycles. The van der Waals surface area contributed by atoms with Crippen LogP contribution in [0, 0.1) is 0 Å². The van der Waals surface area contributed by atoms with Crippen molar-refractivity contribution in [1.29, 1.82) is 0 Å². The summed E-state index contributed by atoms with van der Waals surface area (Å²) in [6, 6.07) is 9.98.